The number of urea groups is 1. The fourth-order valence-corrected chi connectivity index (χ4v) is 4.67. The minimum atomic E-state index is -1.06. The molecule has 4 rings (SSSR count). The summed E-state index contributed by atoms with van der Waals surface area (Å²) in [6.07, 6.45) is 1.21. The number of benzene rings is 1. The van der Waals surface area contributed by atoms with Crippen molar-refractivity contribution in [2.24, 2.45) is 0 Å². The Labute approximate surface area is 165 Å². The van der Waals surface area contributed by atoms with Crippen LogP contribution in [0.15, 0.2) is 36.4 Å². The summed E-state index contributed by atoms with van der Waals surface area (Å²) in [4.78, 5) is 51.5. The van der Waals surface area contributed by atoms with E-state index >= 15 is 0 Å². The molecule has 1 fully saturated rings. The molecule has 1 spiro atoms. The molecule has 8 heteroatoms. The summed E-state index contributed by atoms with van der Waals surface area (Å²) in [5.74, 6) is -0.820. The van der Waals surface area contributed by atoms with E-state index in [0.29, 0.717) is 24.3 Å². The summed E-state index contributed by atoms with van der Waals surface area (Å²) in [6.45, 7) is 1.47. The lowest BCUT2D eigenvalue weighted by atomic mass is 9.92. The summed E-state index contributed by atoms with van der Waals surface area (Å²) in [7, 11) is 0. The van der Waals surface area contributed by atoms with Crippen molar-refractivity contribution >= 4 is 35.0 Å². The van der Waals surface area contributed by atoms with Gasteiger partial charge in [0.1, 0.15) is 5.54 Å². The number of ketones is 1. The number of thiophene rings is 1. The van der Waals surface area contributed by atoms with Gasteiger partial charge in [-0.2, -0.15) is 0 Å². The Balaban J connectivity index is 1.50. The van der Waals surface area contributed by atoms with Gasteiger partial charge in [-0.25, -0.2) is 4.79 Å². The van der Waals surface area contributed by atoms with Gasteiger partial charge in [0.15, 0.2) is 5.78 Å². The van der Waals surface area contributed by atoms with E-state index in [1.807, 2.05) is 24.3 Å². The molecule has 1 atom stereocenters. The molecule has 2 N–H and O–H groups in total. The topological polar surface area (TPSA) is 95.6 Å². The van der Waals surface area contributed by atoms with Gasteiger partial charge in [-0.15, -0.1) is 11.3 Å². The molecule has 0 bridgehead atoms. The summed E-state index contributed by atoms with van der Waals surface area (Å²) < 4.78 is 0. The van der Waals surface area contributed by atoms with Crippen molar-refractivity contribution in [3.05, 3.63) is 57.3 Å². The van der Waals surface area contributed by atoms with Crippen molar-refractivity contribution < 1.29 is 19.2 Å². The first-order chi connectivity index (χ1) is 13.4. The lowest BCUT2D eigenvalue weighted by Gasteiger charge is -2.22. The molecule has 4 amide bonds. The van der Waals surface area contributed by atoms with Crippen molar-refractivity contribution in [3.8, 4) is 0 Å². The number of fused-ring (bicyclic) bond motifs is 2. The largest absolute Gasteiger partial charge is 0.351 e. The molecule has 1 aromatic carbocycles. The highest BCUT2D eigenvalue weighted by Crippen LogP contribution is 2.41. The van der Waals surface area contributed by atoms with Crippen LogP contribution in [0.3, 0.4) is 0 Å². The Kier molecular flexibility index (Phi) is 4.50. The van der Waals surface area contributed by atoms with Crippen LogP contribution < -0.4 is 10.6 Å². The van der Waals surface area contributed by atoms with Crippen LogP contribution in [0, 0.1) is 0 Å². The zero-order valence-corrected chi connectivity index (χ0v) is 16.1. The molecule has 7 nitrogen and oxygen atoms in total. The van der Waals surface area contributed by atoms with Crippen LogP contribution in [0.25, 0.3) is 0 Å². The van der Waals surface area contributed by atoms with Crippen LogP contribution in [-0.2, 0) is 28.1 Å². The zero-order valence-electron chi connectivity index (χ0n) is 15.3. The molecule has 144 valence electrons. The SMILES string of the molecule is CC(=O)NCc1ccc(C(=O)CN2C(=O)N[C@@]3(CCc4ccccc43)C2=O)s1. The third kappa shape index (κ3) is 2.99. The average molecular weight is 397 g/mol. The van der Waals surface area contributed by atoms with E-state index in [0.717, 1.165) is 20.9 Å². The van der Waals surface area contributed by atoms with Crippen LogP contribution in [-0.4, -0.2) is 35.1 Å². The minimum absolute atomic E-state index is 0.150. The van der Waals surface area contributed by atoms with Gasteiger partial charge in [0.25, 0.3) is 5.91 Å². The van der Waals surface area contributed by atoms with Crippen LogP contribution >= 0.6 is 11.3 Å². The van der Waals surface area contributed by atoms with Crippen LogP contribution in [0.1, 0.15) is 39.0 Å². The standard InChI is InChI=1S/C20H19N3O4S/c1-12(24)21-10-14-6-7-17(28-14)16(25)11-23-18(26)20(22-19(23)27)9-8-13-4-2-3-5-15(13)20/h2-7H,8-11H2,1H3,(H,21,24)(H,22,27)/t20-/m1/s1. The number of carbonyl (C=O) groups is 4. The van der Waals surface area contributed by atoms with Gasteiger partial charge in [-0.1, -0.05) is 24.3 Å². The van der Waals surface area contributed by atoms with Crippen molar-refractivity contribution in [1.82, 2.24) is 15.5 Å². The fourth-order valence-electron chi connectivity index (χ4n) is 3.79. The number of rotatable bonds is 5. The third-order valence-electron chi connectivity index (χ3n) is 5.17. The Morgan fingerprint density at radius 1 is 1.21 bits per heavy atom. The number of Topliss-reactive ketones (excluding diaryl/α,β-unsaturated/α-hetero) is 1. The molecular weight excluding hydrogens is 378 g/mol. The minimum Gasteiger partial charge on any atom is -0.351 e. The molecule has 28 heavy (non-hydrogen) atoms. The number of hydrogen-bond acceptors (Lipinski definition) is 5. The maximum absolute atomic E-state index is 13.1. The fraction of sp³-hybridized carbons (Fsp3) is 0.300. The number of nitrogens with one attached hydrogen (secondary N) is 2. The van der Waals surface area contributed by atoms with Gasteiger partial charge in [0.05, 0.1) is 18.0 Å². The summed E-state index contributed by atoms with van der Waals surface area (Å²) in [5.41, 5.74) is 0.808. The quantitative estimate of drug-likeness (QED) is 0.596. The monoisotopic (exact) mass is 397 g/mol. The smallest absolute Gasteiger partial charge is 0.325 e. The lowest BCUT2D eigenvalue weighted by Crippen LogP contribution is -2.42. The zero-order chi connectivity index (χ0) is 19.9. The normalized spacial score (nSPS) is 20.4. The highest BCUT2D eigenvalue weighted by Gasteiger charge is 2.55. The molecule has 1 aliphatic carbocycles. The van der Waals surface area contributed by atoms with E-state index in [1.165, 1.54) is 18.3 Å². The van der Waals surface area contributed by atoms with E-state index in [1.54, 1.807) is 12.1 Å². The second kappa shape index (κ2) is 6.87. The van der Waals surface area contributed by atoms with E-state index < -0.39 is 11.6 Å². The Morgan fingerprint density at radius 3 is 2.79 bits per heavy atom. The van der Waals surface area contributed by atoms with Crippen molar-refractivity contribution in [2.45, 2.75) is 31.8 Å². The number of aryl methyl sites for hydroxylation is 1. The molecule has 0 saturated carbocycles. The maximum Gasteiger partial charge on any atom is 0.325 e. The second-order valence-corrected chi connectivity index (χ2v) is 8.15. The second-order valence-electron chi connectivity index (χ2n) is 6.98. The predicted octanol–water partition coefficient (Wildman–Crippen LogP) is 1.96. The van der Waals surface area contributed by atoms with Gasteiger partial charge in [-0.05, 0) is 36.1 Å². The van der Waals surface area contributed by atoms with E-state index in [2.05, 4.69) is 10.6 Å². The summed E-state index contributed by atoms with van der Waals surface area (Å²) >= 11 is 1.25. The highest BCUT2D eigenvalue weighted by atomic mass is 32.1. The molecule has 0 radical (unpaired) electrons. The van der Waals surface area contributed by atoms with Gasteiger partial charge >= 0.3 is 6.03 Å². The van der Waals surface area contributed by atoms with Gasteiger partial charge < -0.3 is 10.6 Å². The molecule has 2 heterocycles. The third-order valence-corrected chi connectivity index (χ3v) is 6.30. The van der Waals surface area contributed by atoms with Crippen molar-refractivity contribution in [3.63, 3.8) is 0 Å². The lowest BCUT2D eigenvalue weighted by molar-refractivity contribution is -0.131. The average Bonchev–Trinajstić information content (AvgIpc) is 3.35. The molecular formula is C20H19N3O4S. The number of imide groups is 1. The summed E-state index contributed by atoms with van der Waals surface area (Å²) in [6, 6.07) is 10.5. The van der Waals surface area contributed by atoms with Gasteiger partial charge in [-0.3, -0.25) is 19.3 Å². The maximum atomic E-state index is 13.1. The molecule has 2 aliphatic rings. The van der Waals surface area contributed by atoms with E-state index in [-0.39, 0.29) is 24.1 Å². The number of hydrogen-bond donors (Lipinski definition) is 2. The molecule has 2 aromatic rings. The van der Waals surface area contributed by atoms with Crippen LogP contribution in [0.4, 0.5) is 4.79 Å². The molecule has 1 aliphatic heterocycles. The van der Waals surface area contributed by atoms with Crippen molar-refractivity contribution in [2.75, 3.05) is 6.54 Å². The first-order valence-corrected chi connectivity index (χ1v) is 9.81. The Hall–Kier alpha value is -3.00. The van der Waals surface area contributed by atoms with Crippen LogP contribution in [0.5, 0.6) is 0 Å². The Bertz CT molecular complexity index is 999. The number of nitrogens with zero attached hydrogens (tertiary/aromatic N) is 1. The van der Waals surface area contributed by atoms with Crippen molar-refractivity contribution in [1.29, 1.82) is 0 Å². The Morgan fingerprint density at radius 2 is 2.00 bits per heavy atom. The summed E-state index contributed by atoms with van der Waals surface area (Å²) in [5, 5.41) is 5.50. The van der Waals surface area contributed by atoms with Gasteiger partial charge in [0.2, 0.25) is 5.91 Å². The molecule has 0 unspecified atom stereocenters. The van der Waals surface area contributed by atoms with Crippen LogP contribution in [0.2, 0.25) is 0 Å². The first-order valence-electron chi connectivity index (χ1n) is 8.99. The highest BCUT2D eigenvalue weighted by molar-refractivity contribution is 7.14. The van der Waals surface area contributed by atoms with E-state index in [4.69, 9.17) is 0 Å². The first kappa shape index (κ1) is 18.4. The number of carbonyl (C=O) groups excluding carboxylic acids is 4. The predicted molar refractivity (Wildman–Crippen MR) is 103 cm³/mol. The molecule has 1 aromatic heterocycles. The number of amides is 4. The van der Waals surface area contributed by atoms with Gasteiger partial charge in [0, 0.05) is 11.8 Å². The molecule has 1 saturated heterocycles. The van der Waals surface area contributed by atoms with E-state index in [9.17, 15) is 19.2 Å².